The molecule has 2 aliphatic rings. The third-order valence-electron chi connectivity index (χ3n) is 4.95. The molecular weight excluding hydrogens is 352 g/mol. The molecule has 0 aliphatic carbocycles. The van der Waals surface area contributed by atoms with Gasteiger partial charge in [-0.1, -0.05) is 6.92 Å². The van der Waals surface area contributed by atoms with Gasteiger partial charge in [0.05, 0.1) is 18.9 Å². The summed E-state index contributed by atoms with van der Waals surface area (Å²) in [5.41, 5.74) is 0.993. The molecule has 7 nitrogen and oxygen atoms in total. The molecule has 3 rings (SSSR count). The number of amides is 2. The van der Waals surface area contributed by atoms with Crippen LogP contribution in [0.3, 0.4) is 0 Å². The smallest absolute Gasteiger partial charge is 0.229 e. The minimum atomic E-state index is -0.0349. The molecule has 0 saturated carbocycles. The molecule has 1 aromatic heterocycles. The maximum atomic E-state index is 12.5. The fraction of sp³-hybridized carbons (Fsp3) is 0.722. The number of carbonyl (C=O) groups is 2. The molecule has 0 spiro atoms. The van der Waals surface area contributed by atoms with E-state index in [0.29, 0.717) is 24.6 Å². The van der Waals surface area contributed by atoms with Crippen LogP contribution in [0, 0.1) is 5.92 Å². The first-order chi connectivity index (χ1) is 12.7. The van der Waals surface area contributed by atoms with Gasteiger partial charge in [-0.2, -0.15) is 0 Å². The molecule has 2 fully saturated rings. The van der Waals surface area contributed by atoms with Crippen molar-refractivity contribution in [3.05, 3.63) is 11.1 Å². The highest BCUT2D eigenvalue weighted by molar-refractivity contribution is 7.13. The van der Waals surface area contributed by atoms with Gasteiger partial charge < -0.3 is 15.0 Å². The Labute approximate surface area is 158 Å². The number of hydrogen-bond donors (Lipinski definition) is 1. The Kier molecular flexibility index (Phi) is 6.99. The Morgan fingerprint density at radius 1 is 1.27 bits per heavy atom. The lowest BCUT2D eigenvalue weighted by atomic mass is 9.96. The summed E-state index contributed by atoms with van der Waals surface area (Å²) in [7, 11) is 0. The van der Waals surface area contributed by atoms with Gasteiger partial charge in [0, 0.05) is 50.4 Å². The predicted molar refractivity (Wildman–Crippen MR) is 101 cm³/mol. The highest BCUT2D eigenvalue weighted by Gasteiger charge is 2.27. The molecule has 0 bridgehead atoms. The fourth-order valence-corrected chi connectivity index (χ4v) is 4.10. The summed E-state index contributed by atoms with van der Waals surface area (Å²) in [5.74, 6) is 0.200. The Morgan fingerprint density at radius 2 is 2.00 bits per heavy atom. The standard InChI is InChI=1S/C18H28N4O3S/c1-2-3-16(23)22-6-4-14(5-7-22)17(24)20-18-19-15(13-26-18)12-21-8-10-25-11-9-21/h13-14H,2-12H2,1H3,(H,19,20,24). The molecule has 144 valence electrons. The number of thiazole rings is 1. The van der Waals surface area contributed by atoms with Gasteiger partial charge in [-0.15, -0.1) is 11.3 Å². The second-order valence-electron chi connectivity index (χ2n) is 6.93. The first-order valence-electron chi connectivity index (χ1n) is 9.49. The zero-order chi connectivity index (χ0) is 18.4. The quantitative estimate of drug-likeness (QED) is 0.816. The molecule has 0 atom stereocenters. The summed E-state index contributed by atoms with van der Waals surface area (Å²) >= 11 is 1.48. The van der Waals surface area contributed by atoms with E-state index in [-0.39, 0.29) is 17.7 Å². The summed E-state index contributed by atoms with van der Waals surface area (Å²) < 4.78 is 5.36. The topological polar surface area (TPSA) is 74.8 Å². The molecule has 2 saturated heterocycles. The van der Waals surface area contributed by atoms with E-state index in [1.807, 2.05) is 17.2 Å². The van der Waals surface area contributed by atoms with Crippen molar-refractivity contribution in [2.24, 2.45) is 5.92 Å². The highest BCUT2D eigenvalue weighted by atomic mass is 32.1. The van der Waals surface area contributed by atoms with Crippen LogP contribution >= 0.6 is 11.3 Å². The van der Waals surface area contributed by atoms with Gasteiger partial charge in [-0.05, 0) is 19.3 Å². The molecule has 2 aliphatic heterocycles. The Balaban J connectivity index is 1.44. The molecule has 0 aromatic carbocycles. The van der Waals surface area contributed by atoms with Crippen LogP contribution in [0.25, 0.3) is 0 Å². The molecule has 0 unspecified atom stereocenters. The summed E-state index contributed by atoms with van der Waals surface area (Å²) in [6, 6.07) is 0. The lowest BCUT2D eigenvalue weighted by molar-refractivity contribution is -0.134. The van der Waals surface area contributed by atoms with E-state index in [0.717, 1.165) is 57.8 Å². The Morgan fingerprint density at radius 3 is 2.69 bits per heavy atom. The molecule has 8 heteroatoms. The summed E-state index contributed by atoms with van der Waals surface area (Å²) in [5, 5.41) is 5.64. The number of piperidine rings is 1. The lowest BCUT2D eigenvalue weighted by Crippen LogP contribution is -2.41. The van der Waals surface area contributed by atoms with Crippen molar-refractivity contribution in [3.8, 4) is 0 Å². The maximum Gasteiger partial charge on any atom is 0.229 e. The van der Waals surface area contributed by atoms with Crippen LogP contribution in [0.5, 0.6) is 0 Å². The maximum absolute atomic E-state index is 12.5. The molecule has 0 radical (unpaired) electrons. The van der Waals surface area contributed by atoms with Crippen LogP contribution < -0.4 is 5.32 Å². The minimum Gasteiger partial charge on any atom is -0.379 e. The number of nitrogens with zero attached hydrogens (tertiary/aromatic N) is 3. The molecule has 2 amide bonds. The van der Waals surface area contributed by atoms with Gasteiger partial charge in [0.15, 0.2) is 5.13 Å². The molecular formula is C18H28N4O3S. The van der Waals surface area contributed by atoms with E-state index in [1.165, 1.54) is 11.3 Å². The van der Waals surface area contributed by atoms with E-state index in [4.69, 9.17) is 4.74 Å². The number of rotatable bonds is 6. The first kappa shape index (κ1) is 19.3. The number of ether oxygens (including phenoxy) is 1. The Bertz CT molecular complexity index is 607. The van der Waals surface area contributed by atoms with Crippen molar-refractivity contribution < 1.29 is 14.3 Å². The van der Waals surface area contributed by atoms with Crippen molar-refractivity contribution in [1.29, 1.82) is 0 Å². The highest BCUT2D eigenvalue weighted by Crippen LogP contribution is 2.22. The lowest BCUT2D eigenvalue weighted by Gasteiger charge is -2.31. The fourth-order valence-electron chi connectivity index (χ4n) is 3.40. The van der Waals surface area contributed by atoms with Crippen LogP contribution in [0.4, 0.5) is 5.13 Å². The number of hydrogen-bond acceptors (Lipinski definition) is 6. The average Bonchev–Trinajstić information content (AvgIpc) is 3.09. The van der Waals surface area contributed by atoms with E-state index in [2.05, 4.69) is 15.2 Å². The monoisotopic (exact) mass is 380 g/mol. The predicted octanol–water partition coefficient (Wildman–Crippen LogP) is 1.95. The zero-order valence-electron chi connectivity index (χ0n) is 15.4. The summed E-state index contributed by atoms with van der Waals surface area (Å²) in [6.45, 7) is 7.56. The first-order valence-corrected chi connectivity index (χ1v) is 10.4. The third-order valence-corrected chi connectivity index (χ3v) is 5.76. The number of likely N-dealkylation sites (tertiary alicyclic amines) is 1. The van der Waals surface area contributed by atoms with Crippen LogP contribution in [0.2, 0.25) is 0 Å². The van der Waals surface area contributed by atoms with E-state index in [1.54, 1.807) is 0 Å². The van der Waals surface area contributed by atoms with Gasteiger partial charge in [0.1, 0.15) is 0 Å². The Hall–Kier alpha value is -1.51. The number of nitrogens with one attached hydrogen (secondary N) is 1. The SMILES string of the molecule is CCCC(=O)N1CCC(C(=O)Nc2nc(CN3CCOCC3)cs2)CC1. The van der Waals surface area contributed by atoms with Crippen molar-refractivity contribution in [2.75, 3.05) is 44.7 Å². The van der Waals surface area contributed by atoms with Gasteiger partial charge in [-0.25, -0.2) is 4.98 Å². The van der Waals surface area contributed by atoms with Gasteiger partial charge in [0.2, 0.25) is 11.8 Å². The van der Waals surface area contributed by atoms with Gasteiger partial charge in [0.25, 0.3) is 0 Å². The van der Waals surface area contributed by atoms with Crippen molar-refractivity contribution in [2.45, 2.75) is 39.2 Å². The summed E-state index contributed by atoms with van der Waals surface area (Å²) in [4.78, 5) is 33.2. The third kappa shape index (κ3) is 5.25. The average molecular weight is 381 g/mol. The largest absolute Gasteiger partial charge is 0.379 e. The van der Waals surface area contributed by atoms with E-state index in [9.17, 15) is 9.59 Å². The van der Waals surface area contributed by atoms with Crippen LogP contribution in [-0.2, 0) is 20.9 Å². The number of aromatic nitrogens is 1. The van der Waals surface area contributed by atoms with Crippen LogP contribution in [0.15, 0.2) is 5.38 Å². The second-order valence-corrected chi connectivity index (χ2v) is 7.78. The van der Waals surface area contributed by atoms with Crippen LogP contribution in [0.1, 0.15) is 38.3 Å². The molecule has 1 N–H and O–H groups in total. The van der Waals surface area contributed by atoms with Crippen LogP contribution in [-0.4, -0.2) is 66.0 Å². The normalized spacial score (nSPS) is 19.5. The number of anilines is 1. The van der Waals surface area contributed by atoms with Gasteiger partial charge in [-0.3, -0.25) is 14.5 Å². The second kappa shape index (κ2) is 9.43. The molecule has 1 aromatic rings. The van der Waals surface area contributed by atoms with Crippen molar-refractivity contribution in [3.63, 3.8) is 0 Å². The minimum absolute atomic E-state index is 0.0277. The van der Waals surface area contributed by atoms with Crippen molar-refractivity contribution in [1.82, 2.24) is 14.8 Å². The molecule has 3 heterocycles. The van der Waals surface area contributed by atoms with E-state index >= 15 is 0 Å². The van der Waals surface area contributed by atoms with E-state index < -0.39 is 0 Å². The zero-order valence-corrected chi connectivity index (χ0v) is 16.2. The van der Waals surface area contributed by atoms with Crippen molar-refractivity contribution >= 4 is 28.3 Å². The summed E-state index contributed by atoms with van der Waals surface area (Å²) in [6.07, 6.45) is 2.93. The van der Waals surface area contributed by atoms with Gasteiger partial charge >= 0.3 is 0 Å². The molecule has 26 heavy (non-hydrogen) atoms. The number of morpholine rings is 1. The number of carbonyl (C=O) groups excluding carboxylic acids is 2.